The van der Waals surface area contributed by atoms with Gasteiger partial charge in [0.15, 0.2) is 0 Å². The Morgan fingerprint density at radius 2 is 1.56 bits per heavy atom. The molecule has 27 heavy (non-hydrogen) atoms. The normalized spacial score (nSPS) is 12.9. The van der Waals surface area contributed by atoms with Crippen molar-refractivity contribution in [1.82, 2.24) is 4.72 Å². The summed E-state index contributed by atoms with van der Waals surface area (Å²) in [7, 11) is -1.81. The molecule has 0 aliphatic carbocycles. The number of ether oxygens (including phenoxy) is 1. The summed E-state index contributed by atoms with van der Waals surface area (Å²) in [5, 5.41) is 0. The van der Waals surface area contributed by atoms with Crippen molar-refractivity contribution in [3.8, 4) is 5.75 Å². The van der Waals surface area contributed by atoms with E-state index in [1.807, 2.05) is 31.2 Å². The van der Waals surface area contributed by atoms with Crippen LogP contribution in [0.1, 0.15) is 50.2 Å². The summed E-state index contributed by atoms with van der Waals surface area (Å²) >= 11 is 0. The SMILES string of the molecule is COc1ccc([C@@H](CCNS(=O)(=O)c2ccc(C)cc2)CCC(C)C)cc1. The largest absolute Gasteiger partial charge is 0.497 e. The molecule has 1 N–H and O–H groups in total. The van der Waals surface area contributed by atoms with Gasteiger partial charge < -0.3 is 4.74 Å². The Kier molecular flexibility index (Phi) is 7.87. The second kappa shape index (κ2) is 9.90. The van der Waals surface area contributed by atoms with Crippen molar-refractivity contribution in [2.75, 3.05) is 13.7 Å². The van der Waals surface area contributed by atoms with Gasteiger partial charge in [-0.2, -0.15) is 0 Å². The molecule has 0 aromatic heterocycles. The lowest BCUT2D eigenvalue weighted by Gasteiger charge is -2.19. The Morgan fingerprint density at radius 3 is 2.11 bits per heavy atom. The fraction of sp³-hybridized carbons (Fsp3) is 0.455. The molecule has 0 bridgehead atoms. The summed E-state index contributed by atoms with van der Waals surface area (Å²) in [4.78, 5) is 0.316. The smallest absolute Gasteiger partial charge is 0.240 e. The molecule has 0 heterocycles. The second-order valence-corrected chi connectivity index (χ2v) is 9.21. The third kappa shape index (κ3) is 6.67. The average Bonchev–Trinajstić information content (AvgIpc) is 2.64. The van der Waals surface area contributed by atoms with E-state index < -0.39 is 10.0 Å². The highest BCUT2D eigenvalue weighted by Gasteiger charge is 2.17. The van der Waals surface area contributed by atoms with E-state index in [0.29, 0.717) is 23.3 Å². The number of hydrogen-bond donors (Lipinski definition) is 1. The Morgan fingerprint density at radius 1 is 0.926 bits per heavy atom. The lowest BCUT2D eigenvalue weighted by molar-refractivity contribution is 0.414. The molecule has 0 radical (unpaired) electrons. The first-order chi connectivity index (χ1) is 12.8. The van der Waals surface area contributed by atoms with Crippen LogP contribution in [-0.4, -0.2) is 22.1 Å². The Labute approximate surface area is 164 Å². The lowest BCUT2D eigenvalue weighted by Crippen LogP contribution is -2.26. The number of sulfonamides is 1. The molecule has 148 valence electrons. The predicted octanol–water partition coefficient (Wildman–Crippen LogP) is 4.89. The molecule has 0 spiro atoms. The van der Waals surface area contributed by atoms with Crippen LogP contribution in [0.2, 0.25) is 0 Å². The van der Waals surface area contributed by atoms with Crippen LogP contribution in [0.25, 0.3) is 0 Å². The van der Waals surface area contributed by atoms with Gasteiger partial charge in [0.05, 0.1) is 12.0 Å². The zero-order valence-electron chi connectivity index (χ0n) is 16.7. The molecule has 5 heteroatoms. The van der Waals surface area contributed by atoms with Gasteiger partial charge in [0, 0.05) is 6.54 Å². The van der Waals surface area contributed by atoms with E-state index in [4.69, 9.17) is 4.74 Å². The minimum atomic E-state index is -3.47. The van der Waals surface area contributed by atoms with E-state index in [2.05, 4.69) is 30.7 Å². The maximum Gasteiger partial charge on any atom is 0.240 e. The molecule has 0 fully saturated rings. The summed E-state index contributed by atoms with van der Waals surface area (Å²) in [6, 6.07) is 15.0. The molecule has 1 atom stereocenters. The van der Waals surface area contributed by atoms with Gasteiger partial charge >= 0.3 is 0 Å². The molecular weight excluding hydrogens is 358 g/mol. The van der Waals surface area contributed by atoms with Crippen molar-refractivity contribution in [3.05, 3.63) is 59.7 Å². The van der Waals surface area contributed by atoms with Crippen molar-refractivity contribution in [1.29, 1.82) is 0 Å². The Bertz CT molecular complexity index is 796. The van der Waals surface area contributed by atoms with Crippen molar-refractivity contribution >= 4 is 10.0 Å². The van der Waals surface area contributed by atoms with Crippen LogP contribution in [0.15, 0.2) is 53.4 Å². The van der Waals surface area contributed by atoms with Crippen molar-refractivity contribution in [2.24, 2.45) is 5.92 Å². The molecule has 2 rings (SSSR count). The standard InChI is InChI=1S/C22H31NO3S/c1-17(2)5-8-20(19-9-11-21(26-4)12-10-19)15-16-23-27(24,25)22-13-6-18(3)7-14-22/h6-7,9-14,17,20,23H,5,8,15-16H2,1-4H3/t20-/m1/s1. The molecule has 0 saturated carbocycles. The molecule has 0 saturated heterocycles. The maximum atomic E-state index is 12.5. The van der Waals surface area contributed by atoms with Gasteiger partial charge in [0.2, 0.25) is 10.0 Å². The van der Waals surface area contributed by atoms with Crippen LogP contribution in [0, 0.1) is 12.8 Å². The minimum absolute atomic E-state index is 0.316. The van der Waals surface area contributed by atoms with Crippen molar-refractivity contribution < 1.29 is 13.2 Å². The van der Waals surface area contributed by atoms with Crippen molar-refractivity contribution in [3.63, 3.8) is 0 Å². The topological polar surface area (TPSA) is 55.4 Å². The first-order valence-corrected chi connectivity index (χ1v) is 11.0. The monoisotopic (exact) mass is 389 g/mol. The zero-order chi connectivity index (χ0) is 19.9. The fourth-order valence-corrected chi connectivity index (χ4v) is 4.10. The molecule has 2 aromatic rings. The lowest BCUT2D eigenvalue weighted by atomic mass is 9.89. The Balaban J connectivity index is 2.02. The third-order valence-electron chi connectivity index (χ3n) is 4.80. The maximum absolute atomic E-state index is 12.5. The number of hydrogen-bond acceptors (Lipinski definition) is 3. The number of aryl methyl sites for hydroxylation is 1. The van der Waals surface area contributed by atoms with Crippen molar-refractivity contribution in [2.45, 2.75) is 50.8 Å². The molecule has 0 aliphatic rings. The molecular formula is C22H31NO3S. The summed E-state index contributed by atoms with van der Waals surface area (Å²) in [6.45, 7) is 6.79. The van der Waals surface area contributed by atoms with Gasteiger partial charge in [0.1, 0.15) is 5.75 Å². The fourth-order valence-electron chi connectivity index (χ4n) is 3.06. The number of methoxy groups -OCH3 is 1. The molecule has 2 aromatic carbocycles. The summed E-state index contributed by atoms with van der Waals surface area (Å²) in [5.74, 6) is 1.77. The van der Waals surface area contributed by atoms with Crippen LogP contribution < -0.4 is 9.46 Å². The van der Waals surface area contributed by atoms with Gasteiger partial charge in [-0.15, -0.1) is 0 Å². The molecule has 0 aliphatic heterocycles. The van der Waals surface area contributed by atoms with Crippen LogP contribution in [0.4, 0.5) is 0 Å². The van der Waals surface area contributed by atoms with Crippen LogP contribution >= 0.6 is 0 Å². The predicted molar refractivity (Wildman–Crippen MR) is 111 cm³/mol. The Hall–Kier alpha value is -1.85. The van der Waals surface area contributed by atoms with Crippen LogP contribution in [0.3, 0.4) is 0 Å². The van der Waals surface area contributed by atoms with E-state index in [1.165, 1.54) is 5.56 Å². The molecule has 4 nitrogen and oxygen atoms in total. The van der Waals surface area contributed by atoms with Crippen LogP contribution in [0.5, 0.6) is 5.75 Å². The van der Waals surface area contributed by atoms with Gasteiger partial charge in [-0.3, -0.25) is 0 Å². The number of rotatable bonds is 10. The zero-order valence-corrected chi connectivity index (χ0v) is 17.6. The van der Waals surface area contributed by atoms with Crippen LogP contribution in [-0.2, 0) is 10.0 Å². The summed E-state index contributed by atoms with van der Waals surface area (Å²) < 4.78 is 33.0. The van der Waals surface area contributed by atoms with Gasteiger partial charge in [-0.05, 0) is 61.4 Å². The minimum Gasteiger partial charge on any atom is -0.497 e. The highest BCUT2D eigenvalue weighted by molar-refractivity contribution is 7.89. The van der Waals surface area contributed by atoms with Gasteiger partial charge in [-0.1, -0.05) is 50.1 Å². The van der Waals surface area contributed by atoms with E-state index in [0.717, 1.165) is 30.6 Å². The van der Waals surface area contributed by atoms with E-state index >= 15 is 0 Å². The second-order valence-electron chi connectivity index (χ2n) is 7.44. The third-order valence-corrected chi connectivity index (χ3v) is 6.27. The summed E-state index contributed by atoms with van der Waals surface area (Å²) in [6.07, 6.45) is 2.92. The first kappa shape index (κ1) is 21.5. The summed E-state index contributed by atoms with van der Waals surface area (Å²) in [5.41, 5.74) is 2.27. The van der Waals surface area contributed by atoms with Gasteiger partial charge in [0.25, 0.3) is 0 Å². The highest BCUT2D eigenvalue weighted by Crippen LogP contribution is 2.28. The number of nitrogens with one attached hydrogen (secondary N) is 1. The van der Waals surface area contributed by atoms with E-state index in [9.17, 15) is 8.42 Å². The average molecular weight is 390 g/mol. The van der Waals surface area contributed by atoms with E-state index in [1.54, 1.807) is 19.2 Å². The van der Waals surface area contributed by atoms with E-state index in [-0.39, 0.29) is 0 Å². The highest BCUT2D eigenvalue weighted by atomic mass is 32.2. The first-order valence-electron chi connectivity index (χ1n) is 9.52. The molecule has 0 unspecified atom stereocenters. The molecule has 0 amide bonds. The number of benzene rings is 2. The quantitative estimate of drug-likeness (QED) is 0.629. The van der Waals surface area contributed by atoms with Gasteiger partial charge in [-0.25, -0.2) is 13.1 Å².